The predicted molar refractivity (Wildman–Crippen MR) is 149 cm³/mol. The molecule has 1 saturated heterocycles. The topological polar surface area (TPSA) is 66.2 Å². The number of morpholine rings is 1. The van der Waals surface area contributed by atoms with Crippen LogP contribution in [0, 0.1) is 0 Å². The number of nitrogens with two attached hydrogens (primary N) is 1. The maximum absolute atomic E-state index is 6.09. The fourth-order valence-corrected chi connectivity index (χ4v) is 4.19. The number of benzene rings is 3. The van der Waals surface area contributed by atoms with Crippen molar-refractivity contribution in [3.05, 3.63) is 97.1 Å². The van der Waals surface area contributed by atoms with Crippen LogP contribution >= 0.6 is 0 Å². The highest BCUT2D eigenvalue weighted by Crippen LogP contribution is 2.29. The van der Waals surface area contributed by atoms with E-state index in [4.69, 9.17) is 24.7 Å². The minimum absolute atomic E-state index is 0.406. The summed E-state index contributed by atoms with van der Waals surface area (Å²) in [5.74, 6) is 2.30. The Morgan fingerprint density at radius 3 is 2.11 bits per heavy atom. The van der Waals surface area contributed by atoms with Gasteiger partial charge in [0.15, 0.2) is 11.5 Å². The Bertz CT molecular complexity index is 1170. The molecule has 194 valence electrons. The largest absolute Gasteiger partial charge is 0.490 e. The van der Waals surface area contributed by atoms with Crippen LogP contribution in [0.2, 0.25) is 0 Å². The van der Waals surface area contributed by atoms with Crippen molar-refractivity contribution < 1.29 is 18.9 Å². The van der Waals surface area contributed by atoms with Crippen LogP contribution in [0.4, 0.5) is 0 Å². The summed E-state index contributed by atoms with van der Waals surface area (Å²) in [6, 6.07) is 22.0. The van der Waals surface area contributed by atoms with Crippen LogP contribution in [0.25, 0.3) is 16.8 Å². The number of allylic oxidation sites excluding steroid dienone is 1. The zero-order valence-electron chi connectivity index (χ0n) is 21.4. The second kappa shape index (κ2) is 13.5. The number of nitrogens with zero attached hydrogens (tertiary/aromatic N) is 1. The van der Waals surface area contributed by atoms with Gasteiger partial charge in [-0.05, 0) is 52.9 Å². The van der Waals surface area contributed by atoms with Gasteiger partial charge in [-0.2, -0.15) is 0 Å². The summed E-state index contributed by atoms with van der Waals surface area (Å²) >= 11 is 0. The fraction of sp³-hybridized carbons (Fsp3) is 0.290. The van der Waals surface area contributed by atoms with E-state index in [1.807, 2.05) is 48.5 Å². The molecule has 0 atom stereocenters. The second-order valence-corrected chi connectivity index (χ2v) is 8.86. The van der Waals surface area contributed by atoms with Crippen LogP contribution in [-0.4, -0.2) is 57.6 Å². The second-order valence-electron chi connectivity index (χ2n) is 8.86. The van der Waals surface area contributed by atoms with E-state index in [0.717, 1.165) is 72.4 Å². The highest BCUT2D eigenvalue weighted by atomic mass is 16.5. The molecule has 37 heavy (non-hydrogen) atoms. The van der Waals surface area contributed by atoms with E-state index in [1.54, 1.807) is 0 Å². The molecule has 2 N–H and O–H groups in total. The molecular weight excluding hydrogens is 464 g/mol. The molecule has 0 radical (unpaired) electrons. The first-order valence-electron chi connectivity index (χ1n) is 12.7. The van der Waals surface area contributed by atoms with E-state index >= 15 is 0 Å². The highest BCUT2D eigenvalue weighted by molar-refractivity contribution is 5.69. The summed E-state index contributed by atoms with van der Waals surface area (Å²) in [6.45, 7) is 13.5. The Morgan fingerprint density at radius 1 is 0.838 bits per heavy atom. The molecule has 1 aliphatic rings. The van der Waals surface area contributed by atoms with Gasteiger partial charge in [-0.15, -0.1) is 6.58 Å². The van der Waals surface area contributed by atoms with E-state index in [-0.39, 0.29) is 0 Å². The molecule has 0 bridgehead atoms. The Balaban J connectivity index is 1.31. The van der Waals surface area contributed by atoms with Crippen LogP contribution in [-0.2, 0) is 11.2 Å². The number of hydrogen-bond donors (Lipinski definition) is 1. The van der Waals surface area contributed by atoms with Gasteiger partial charge in [-0.1, -0.05) is 55.1 Å². The maximum atomic E-state index is 6.09. The average molecular weight is 501 g/mol. The molecule has 1 fully saturated rings. The molecule has 3 aromatic rings. The fourth-order valence-electron chi connectivity index (χ4n) is 4.19. The van der Waals surface area contributed by atoms with Crippen LogP contribution in [0.15, 0.2) is 86.0 Å². The average Bonchev–Trinajstić information content (AvgIpc) is 2.93. The summed E-state index contributed by atoms with van der Waals surface area (Å²) in [5, 5.41) is 0. The van der Waals surface area contributed by atoms with Gasteiger partial charge in [0.1, 0.15) is 25.6 Å². The third-order valence-corrected chi connectivity index (χ3v) is 6.23. The summed E-state index contributed by atoms with van der Waals surface area (Å²) in [4.78, 5) is 2.35. The van der Waals surface area contributed by atoms with Crippen LogP contribution in [0.1, 0.15) is 11.1 Å². The predicted octanol–water partition coefficient (Wildman–Crippen LogP) is 5.18. The third-order valence-electron chi connectivity index (χ3n) is 6.23. The Labute approximate surface area is 219 Å². The highest BCUT2D eigenvalue weighted by Gasteiger charge is 2.11. The molecule has 0 saturated carbocycles. The molecule has 6 nitrogen and oxygen atoms in total. The lowest BCUT2D eigenvalue weighted by molar-refractivity contribution is 0.0320. The first-order valence-corrected chi connectivity index (χ1v) is 12.7. The number of hydrogen-bond acceptors (Lipinski definition) is 6. The zero-order valence-corrected chi connectivity index (χ0v) is 21.4. The van der Waals surface area contributed by atoms with Crippen LogP contribution in [0.3, 0.4) is 0 Å². The molecule has 0 spiro atoms. The van der Waals surface area contributed by atoms with Crippen molar-refractivity contribution in [2.75, 3.05) is 52.7 Å². The lowest BCUT2D eigenvalue weighted by atomic mass is 9.99. The van der Waals surface area contributed by atoms with Crippen molar-refractivity contribution >= 4 is 5.70 Å². The summed E-state index contributed by atoms with van der Waals surface area (Å²) in [5.41, 5.74) is 10.6. The molecule has 0 aromatic heterocycles. The molecule has 0 aliphatic carbocycles. The lowest BCUT2D eigenvalue weighted by Gasteiger charge is -2.26. The normalized spacial score (nSPS) is 13.6. The lowest BCUT2D eigenvalue weighted by Crippen LogP contribution is -2.38. The molecule has 0 amide bonds. The number of ether oxygens (including phenoxy) is 4. The van der Waals surface area contributed by atoms with E-state index < -0.39 is 0 Å². The number of rotatable bonds is 13. The van der Waals surface area contributed by atoms with Gasteiger partial charge < -0.3 is 24.7 Å². The van der Waals surface area contributed by atoms with Gasteiger partial charge >= 0.3 is 0 Å². The summed E-state index contributed by atoms with van der Waals surface area (Å²) < 4.78 is 23.5. The Kier molecular flexibility index (Phi) is 9.63. The van der Waals surface area contributed by atoms with Crippen molar-refractivity contribution in [1.82, 2.24) is 4.90 Å². The van der Waals surface area contributed by atoms with Crippen molar-refractivity contribution in [3.8, 4) is 28.4 Å². The monoisotopic (exact) mass is 500 g/mol. The maximum Gasteiger partial charge on any atom is 0.161 e. The molecule has 4 rings (SSSR count). The van der Waals surface area contributed by atoms with Gasteiger partial charge in [-0.25, -0.2) is 0 Å². The summed E-state index contributed by atoms with van der Waals surface area (Å²) in [7, 11) is 0. The van der Waals surface area contributed by atoms with Gasteiger partial charge in [-0.3, -0.25) is 4.90 Å². The van der Waals surface area contributed by atoms with Crippen molar-refractivity contribution in [3.63, 3.8) is 0 Å². The standard InChI is InChI=1S/C31H36N2O4/c1-3-6-28-23-27(26-11-9-25(10-12-26)24(2)32)13-14-29(28)36-21-22-37-31-8-5-4-7-30(31)35-20-17-33-15-18-34-19-16-33/h3-5,7-14,23H,1-2,6,15-22,32H2. The Hall–Kier alpha value is -3.74. The van der Waals surface area contributed by atoms with E-state index in [2.05, 4.69) is 42.3 Å². The van der Waals surface area contributed by atoms with Gasteiger partial charge in [0, 0.05) is 25.3 Å². The van der Waals surface area contributed by atoms with Crippen LogP contribution in [0.5, 0.6) is 17.2 Å². The minimum Gasteiger partial charge on any atom is -0.490 e. The quantitative estimate of drug-likeness (QED) is 0.258. The van der Waals surface area contributed by atoms with Gasteiger partial charge in [0.2, 0.25) is 0 Å². The summed E-state index contributed by atoms with van der Waals surface area (Å²) in [6.07, 6.45) is 2.59. The first-order chi connectivity index (χ1) is 18.1. The smallest absolute Gasteiger partial charge is 0.161 e. The van der Waals surface area contributed by atoms with E-state index in [9.17, 15) is 0 Å². The molecule has 0 unspecified atom stereocenters. The number of para-hydroxylation sites is 2. The van der Waals surface area contributed by atoms with Crippen molar-refractivity contribution in [1.29, 1.82) is 0 Å². The first kappa shape index (κ1) is 26.3. The van der Waals surface area contributed by atoms with Crippen molar-refractivity contribution in [2.24, 2.45) is 5.73 Å². The zero-order chi connectivity index (χ0) is 25.9. The van der Waals surface area contributed by atoms with Gasteiger partial charge in [0.25, 0.3) is 0 Å². The Morgan fingerprint density at radius 2 is 1.46 bits per heavy atom. The van der Waals surface area contributed by atoms with Crippen LogP contribution < -0.4 is 19.9 Å². The minimum atomic E-state index is 0.406. The molecule has 1 aliphatic heterocycles. The van der Waals surface area contributed by atoms with E-state index in [1.165, 1.54) is 0 Å². The van der Waals surface area contributed by atoms with Crippen molar-refractivity contribution in [2.45, 2.75) is 6.42 Å². The molecule has 3 aromatic carbocycles. The SMILES string of the molecule is C=CCc1cc(-c2ccc(C(=C)N)cc2)ccc1OCCOc1ccccc1OCCN1CCOCC1. The van der Waals surface area contributed by atoms with E-state index in [0.29, 0.717) is 31.9 Å². The van der Waals surface area contributed by atoms with Gasteiger partial charge in [0.05, 0.1) is 13.2 Å². The molecule has 1 heterocycles. The third kappa shape index (κ3) is 7.62. The molecular formula is C31H36N2O4. The molecule has 6 heteroatoms.